The maximum absolute atomic E-state index is 12.5. The predicted octanol–water partition coefficient (Wildman–Crippen LogP) is 2.36. The highest BCUT2D eigenvalue weighted by Crippen LogP contribution is 2.29. The maximum Gasteiger partial charge on any atom is 0.247 e. The SMILES string of the molecule is CNC(C(=O)Nc1nc2ccc(OC)cc2s1)c1cnn(C)c1.Cl. The summed E-state index contributed by atoms with van der Waals surface area (Å²) in [7, 11) is 5.17. The van der Waals surface area contributed by atoms with Crippen LogP contribution in [0, 0.1) is 0 Å². The van der Waals surface area contributed by atoms with Gasteiger partial charge in [0.15, 0.2) is 5.13 Å². The fraction of sp³-hybridized carbons (Fsp3) is 0.267. The quantitative estimate of drug-likeness (QED) is 0.723. The van der Waals surface area contributed by atoms with Crippen molar-refractivity contribution < 1.29 is 9.53 Å². The molecule has 3 rings (SSSR count). The molecule has 0 bridgehead atoms. The van der Waals surface area contributed by atoms with Gasteiger partial charge >= 0.3 is 0 Å². The summed E-state index contributed by atoms with van der Waals surface area (Å²) < 4.78 is 7.82. The van der Waals surface area contributed by atoms with Gasteiger partial charge in [0.2, 0.25) is 5.91 Å². The number of carbonyl (C=O) groups excluding carboxylic acids is 1. The third-order valence-electron chi connectivity index (χ3n) is 3.43. The van der Waals surface area contributed by atoms with E-state index in [0.29, 0.717) is 5.13 Å². The number of benzene rings is 1. The van der Waals surface area contributed by atoms with Crippen molar-refractivity contribution in [3.63, 3.8) is 0 Å². The van der Waals surface area contributed by atoms with Crippen LogP contribution in [0.5, 0.6) is 5.75 Å². The Bertz CT molecular complexity index is 847. The van der Waals surface area contributed by atoms with Crippen LogP contribution in [-0.4, -0.2) is 34.8 Å². The first-order valence-corrected chi connectivity index (χ1v) is 7.83. The number of likely N-dealkylation sites (N-methyl/N-ethyl adjacent to an activating group) is 1. The topological polar surface area (TPSA) is 81.1 Å². The van der Waals surface area contributed by atoms with Crippen molar-refractivity contribution in [2.24, 2.45) is 7.05 Å². The third kappa shape index (κ3) is 3.66. The first kappa shape index (κ1) is 18.2. The Morgan fingerprint density at radius 3 is 2.83 bits per heavy atom. The first-order valence-electron chi connectivity index (χ1n) is 7.02. The summed E-state index contributed by atoms with van der Waals surface area (Å²) in [6.45, 7) is 0. The van der Waals surface area contributed by atoms with Gasteiger partial charge in [-0.3, -0.25) is 9.48 Å². The number of hydrogen-bond acceptors (Lipinski definition) is 6. The summed E-state index contributed by atoms with van der Waals surface area (Å²) in [6.07, 6.45) is 3.48. The lowest BCUT2D eigenvalue weighted by Gasteiger charge is -2.12. The van der Waals surface area contributed by atoms with E-state index in [1.165, 1.54) is 11.3 Å². The Labute approximate surface area is 149 Å². The largest absolute Gasteiger partial charge is 0.497 e. The van der Waals surface area contributed by atoms with Crippen LogP contribution in [0.2, 0.25) is 0 Å². The van der Waals surface area contributed by atoms with Crippen LogP contribution < -0.4 is 15.4 Å². The van der Waals surface area contributed by atoms with E-state index in [9.17, 15) is 4.79 Å². The van der Waals surface area contributed by atoms with Crippen LogP contribution in [0.4, 0.5) is 5.13 Å². The van der Waals surface area contributed by atoms with Gasteiger partial charge in [-0.1, -0.05) is 11.3 Å². The summed E-state index contributed by atoms with van der Waals surface area (Å²) in [5, 5.41) is 10.5. The van der Waals surface area contributed by atoms with Crippen molar-refractivity contribution in [2.45, 2.75) is 6.04 Å². The van der Waals surface area contributed by atoms with Crippen LogP contribution in [0.1, 0.15) is 11.6 Å². The van der Waals surface area contributed by atoms with Crippen molar-refractivity contribution in [3.05, 3.63) is 36.2 Å². The number of amides is 1. The zero-order valence-electron chi connectivity index (χ0n) is 13.4. The highest BCUT2D eigenvalue weighted by atomic mass is 35.5. The maximum atomic E-state index is 12.5. The number of thiazole rings is 1. The number of fused-ring (bicyclic) bond motifs is 1. The molecule has 1 unspecified atom stereocenters. The summed E-state index contributed by atoms with van der Waals surface area (Å²) in [6, 6.07) is 5.14. The van der Waals surface area contributed by atoms with E-state index in [-0.39, 0.29) is 18.3 Å². The van der Waals surface area contributed by atoms with Gasteiger partial charge in [0.25, 0.3) is 0 Å². The van der Waals surface area contributed by atoms with Crippen LogP contribution in [0.25, 0.3) is 10.2 Å². The highest BCUT2D eigenvalue weighted by Gasteiger charge is 2.21. The number of hydrogen-bond donors (Lipinski definition) is 2. The Kier molecular flexibility index (Phi) is 5.76. The fourth-order valence-corrected chi connectivity index (χ4v) is 3.20. The fourth-order valence-electron chi connectivity index (χ4n) is 2.30. The lowest BCUT2D eigenvalue weighted by molar-refractivity contribution is -0.118. The van der Waals surface area contributed by atoms with Crippen molar-refractivity contribution in [1.29, 1.82) is 0 Å². The van der Waals surface area contributed by atoms with E-state index in [1.54, 1.807) is 25.0 Å². The minimum Gasteiger partial charge on any atom is -0.497 e. The normalized spacial score (nSPS) is 11.8. The zero-order valence-corrected chi connectivity index (χ0v) is 15.1. The van der Waals surface area contributed by atoms with Gasteiger partial charge in [0, 0.05) is 18.8 Å². The van der Waals surface area contributed by atoms with E-state index in [2.05, 4.69) is 20.7 Å². The van der Waals surface area contributed by atoms with Gasteiger partial charge in [0.05, 0.1) is 23.5 Å². The van der Waals surface area contributed by atoms with Gasteiger partial charge in [0.1, 0.15) is 11.8 Å². The number of carbonyl (C=O) groups is 1. The van der Waals surface area contributed by atoms with Crippen LogP contribution in [-0.2, 0) is 11.8 Å². The molecule has 0 aliphatic rings. The monoisotopic (exact) mass is 367 g/mol. The van der Waals surface area contributed by atoms with Crippen LogP contribution in [0.3, 0.4) is 0 Å². The number of ether oxygens (including phenoxy) is 1. The second-order valence-electron chi connectivity index (χ2n) is 5.01. The molecule has 9 heteroatoms. The van der Waals surface area contributed by atoms with E-state index >= 15 is 0 Å². The number of halogens is 1. The molecule has 0 spiro atoms. The van der Waals surface area contributed by atoms with Gasteiger partial charge in [-0.15, -0.1) is 12.4 Å². The number of aromatic nitrogens is 3. The molecule has 1 atom stereocenters. The molecule has 0 fully saturated rings. The zero-order chi connectivity index (χ0) is 16.4. The molecule has 3 aromatic rings. The lowest BCUT2D eigenvalue weighted by atomic mass is 10.1. The summed E-state index contributed by atoms with van der Waals surface area (Å²) in [5.41, 5.74) is 1.63. The third-order valence-corrected chi connectivity index (χ3v) is 4.37. The highest BCUT2D eigenvalue weighted by molar-refractivity contribution is 7.22. The van der Waals surface area contributed by atoms with Crippen molar-refractivity contribution >= 4 is 45.0 Å². The van der Waals surface area contributed by atoms with Gasteiger partial charge in [-0.25, -0.2) is 4.98 Å². The molecule has 2 aromatic heterocycles. The summed E-state index contributed by atoms with van der Waals surface area (Å²) in [5.74, 6) is 0.592. The minimum absolute atomic E-state index is 0. The molecule has 128 valence electrons. The summed E-state index contributed by atoms with van der Waals surface area (Å²) >= 11 is 1.41. The second kappa shape index (κ2) is 7.61. The Hall–Kier alpha value is -2.16. The molecule has 0 saturated carbocycles. The molecule has 2 N–H and O–H groups in total. The van der Waals surface area contributed by atoms with E-state index < -0.39 is 6.04 Å². The molecule has 24 heavy (non-hydrogen) atoms. The standard InChI is InChI=1S/C15H17N5O2S.ClH/c1-16-13(9-7-17-20(2)8-9)14(21)19-15-18-11-5-4-10(22-3)6-12(11)23-15;/h4-8,13,16H,1-3H3,(H,18,19,21);1H. The number of aryl methyl sites for hydroxylation is 1. The molecule has 0 aliphatic carbocycles. The molecule has 0 saturated heterocycles. The second-order valence-corrected chi connectivity index (χ2v) is 6.04. The van der Waals surface area contributed by atoms with E-state index in [4.69, 9.17) is 4.74 Å². The number of anilines is 1. The summed E-state index contributed by atoms with van der Waals surface area (Å²) in [4.78, 5) is 16.9. The van der Waals surface area contributed by atoms with E-state index in [1.807, 2.05) is 31.4 Å². The molecule has 2 heterocycles. The Balaban J connectivity index is 0.00000208. The average molecular weight is 368 g/mol. The van der Waals surface area contributed by atoms with E-state index in [0.717, 1.165) is 21.5 Å². The predicted molar refractivity (Wildman–Crippen MR) is 97.1 cm³/mol. The first-order chi connectivity index (χ1) is 11.1. The minimum atomic E-state index is -0.481. The number of nitrogens with one attached hydrogen (secondary N) is 2. The Morgan fingerprint density at radius 2 is 2.21 bits per heavy atom. The van der Waals surface area contributed by atoms with Gasteiger partial charge < -0.3 is 15.4 Å². The smallest absolute Gasteiger partial charge is 0.247 e. The number of nitrogens with zero attached hydrogens (tertiary/aromatic N) is 3. The van der Waals surface area contributed by atoms with Crippen LogP contribution in [0.15, 0.2) is 30.6 Å². The molecular formula is C15H18ClN5O2S. The van der Waals surface area contributed by atoms with Crippen molar-refractivity contribution in [1.82, 2.24) is 20.1 Å². The van der Waals surface area contributed by atoms with Crippen LogP contribution >= 0.6 is 23.7 Å². The molecule has 0 radical (unpaired) electrons. The molecule has 7 nitrogen and oxygen atoms in total. The average Bonchev–Trinajstić information content (AvgIpc) is 3.13. The number of rotatable bonds is 5. The Morgan fingerprint density at radius 1 is 1.42 bits per heavy atom. The van der Waals surface area contributed by atoms with Crippen molar-refractivity contribution in [3.8, 4) is 5.75 Å². The lowest BCUT2D eigenvalue weighted by Crippen LogP contribution is -2.30. The molecule has 1 amide bonds. The molecular weight excluding hydrogens is 350 g/mol. The molecule has 0 aliphatic heterocycles. The number of methoxy groups -OCH3 is 1. The van der Waals surface area contributed by atoms with Gasteiger partial charge in [-0.2, -0.15) is 5.10 Å². The van der Waals surface area contributed by atoms with Crippen molar-refractivity contribution in [2.75, 3.05) is 19.5 Å². The molecule has 1 aromatic carbocycles. The van der Waals surface area contributed by atoms with Gasteiger partial charge in [-0.05, 0) is 25.2 Å².